The molecule has 1 unspecified atom stereocenters. The Morgan fingerprint density at radius 3 is 2.45 bits per heavy atom. The van der Waals surface area contributed by atoms with E-state index in [4.69, 9.17) is 11.6 Å². The summed E-state index contributed by atoms with van der Waals surface area (Å²) >= 11 is 5.92. The minimum Gasteiger partial charge on any atom is -0.469 e. The minimum absolute atomic E-state index is 0.0789. The number of rotatable bonds is 11. The quantitative estimate of drug-likeness (QED) is 0.393. The van der Waals surface area contributed by atoms with Crippen LogP contribution < -0.4 is 4.72 Å². The van der Waals surface area contributed by atoms with Gasteiger partial charge in [0.15, 0.2) is 0 Å². The molecule has 1 N–H and O–H groups in total. The van der Waals surface area contributed by atoms with Gasteiger partial charge in [-0.3, -0.25) is 4.79 Å². The van der Waals surface area contributed by atoms with Crippen LogP contribution in [0.4, 0.5) is 4.39 Å². The number of carbonyl (C=O) groups excluding carboxylic acids is 1. The van der Waals surface area contributed by atoms with Crippen LogP contribution in [-0.2, 0) is 19.6 Å². The number of nitrogens with one attached hydrogen (secondary N) is 1. The molecular weight excluding hydrogens is 417 g/mol. The lowest BCUT2D eigenvalue weighted by molar-refractivity contribution is -0.140. The Labute approximate surface area is 176 Å². The standard InChI is InChI=1S/C21H25ClFNO4S/c1-28-21(25)10-5-3-2-4-9-20(16-11-13-18(23)14-12-16)24-29(26,27)19-8-6-7-17(22)15-19/h6-8,11-15,20,24H,2-5,9-10H2,1H3. The van der Waals surface area contributed by atoms with E-state index >= 15 is 0 Å². The molecule has 0 aliphatic heterocycles. The molecule has 0 spiro atoms. The number of sulfonamides is 1. The maximum Gasteiger partial charge on any atom is 0.305 e. The molecule has 158 valence electrons. The van der Waals surface area contributed by atoms with E-state index in [1.165, 1.54) is 31.4 Å². The second kappa shape index (κ2) is 11.3. The van der Waals surface area contributed by atoms with Crippen molar-refractivity contribution in [3.05, 3.63) is 64.9 Å². The molecule has 5 nitrogen and oxygen atoms in total. The predicted octanol–water partition coefficient (Wildman–Crippen LogP) is 5.01. The van der Waals surface area contributed by atoms with E-state index in [2.05, 4.69) is 9.46 Å². The third-order valence-electron chi connectivity index (χ3n) is 4.53. The van der Waals surface area contributed by atoms with Gasteiger partial charge in [0.2, 0.25) is 10.0 Å². The van der Waals surface area contributed by atoms with Crippen LogP contribution in [0.1, 0.15) is 50.1 Å². The normalized spacial score (nSPS) is 12.5. The molecule has 0 saturated carbocycles. The second-order valence-corrected chi connectivity index (χ2v) is 8.86. The molecule has 0 heterocycles. The molecule has 8 heteroatoms. The van der Waals surface area contributed by atoms with Crippen LogP contribution in [0.5, 0.6) is 0 Å². The first-order valence-electron chi connectivity index (χ1n) is 9.42. The van der Waals surface area contributed by atoms with Crippen LogP contribution in [0, 0.1) is 5.82 Å². The van der Waals surface area contributed by atoms with Crippen molar-refractivity contribution in [1.29, 1.82) is 0 Å². The molecule has 0 bridgehead atoms. The molecule has 29 heavy (non-hydrogen) atoms. The third-order valence-corrected chi connectivity index (χ3v) is 6.23. The van der Waals surface area contributed by atoms with E-state index in [-0.39, 0.29) is 16.7 Å². The minimum atomic E-state index is -3.79. The van der Waals surface area contributed by atoms with Gasteiger partial charge in [-0.2, -0.15) is 0 Å². The lowest BCUT2D eigenvalue weighted by Gasteiger charge is -2.19. The Morgan fingerprint density at radius 2 is 1.79 bits per heavy atom. The number of benzene rings is 2. The summed E-state index contributed by atoms with van der Waals surface area (Å²) in [6, 6.07) is 11.3. The fraction of sp³-hybridized carbons (Fsp3) is 0.381. The average Bonchev–Trinajstić information content (AvgIpc) is 2.70. The van der Waals surface area contributed by atoms with E-state index < -0.39 is 16.1 Å². The summed E-state index contributed by atoms with van der Waals surface area (Å²) in [4.78, 5) is 11.2. The summed E-state index contributed by atoms with van der Waals surface area (Å²) in [5.41, 5.74) is 0.687. The Hall–Kier alpha value is -1.96. The van der Waals surface area contributed by atoms with Gasteiger partial charge in [-0.25, -0.2) is 17.5 Å². The van der Waals surface area contributed by atoms with Crippen molar-refractivity contribution in [2.45, 2.75) is 49.5 Å². The van der Waals surface area contributed by atoms with Gasteiger partial charge in [0.1, 0.15) is 5.82 Å². The number of halogens is 2. The summed E-state index contributed by atoms with van der Waals surface area (Å²) in [5.74, 6) is -0.614. The second-order valence-electron chi connectivity index (χ2n) is 6.71. The Bertz CT molecular complexity index is 903. The molecule has 0 aliphatic carbocycles. The molecule has 0 radical (unpaired) electrons. The number of ether oxygens (including phenoxy) is 1. The number of unbranched alkanes of at least 4 members (excludes halogenated alkanes) is 3. The highest BCUT2D eigenvalue weighted by atomic mass is 35.5. The van der Waals surface area contributed by atoms with Crippen LogP contribution in [0.15, 0.2) is 53.4 Å². The fourth-order valence-corrected chi connectivity index (χ4v) is 4.51. The summed E-state index contributed by atoms with van der Waals surface area (Å²) in [6.07, 6.45) is 4.08. The van der Waals surface area contributed by atoms with Crippen LogP contribution in [0.2, 0.25) is 5.02 Å². The zero-order valence-electron chi connectivity index (χ0n) is 16.2. The number of hydrogen-bond acceptors (Lipinski definition) is 4. The van der Waals surface area contributed by atoms with Crippen molar-refractivity contribution in [1.82, 2.24) is 4.72 Å². The summed E-state index contributed by atoms with van der Waals surface area (Å²) in [6.45, 7) is 0. The van der Waals surface area contributed by atoms with Crippen molar-refractivity contribution < 1.29 is 22.3 Å². The lowest BCUT2D eigenvalue weighted by Crippen LogP contribution is -2.28. The third kappa shape index (κ3) is 7.76. The Balaban J connectivity index is 2.04. The molecule has 2 rings (SSSR count). The Morgan fingerprint density at radius 1 is 1.10 bits per heavy atom. The van der Waals surface area contributed by atoms with E-state index in [1.54, 1.807) is 24.3 Å². The topological polar surface area (TPSA) is 72.5 Å². The van der Waals surface area contributed by atoms with E-state index in [1.807, 2.05) is 0 Å². The highest BCUT2D eigenvalue weighted by Gasteiger charge is 2.21. The molecule has 0 amide bonds. The maximum absolute atomic E-state index is 13.3. The molecule has 0 saturated heterocycles. The van der Waals surface area contributed by atoms with E-state index in [0.29, 0.717) is 23.4 Å². The first-order valence-corrected chi connectivity index (χ1v) is 11.3. The zero-order chi connectivity index (χ0) is 21.3. The summed E-state index contributed by atoms with van der Waals surface area (Å²) < 4.78 is 46.2. The number of methoxy groups -OCH3 is 1. The first-order chi connectivity index (χ1) is 13.8. The van der Waals surface area contributed by atoms with Crippen molar-refractivity contribution in [3.8, 4) is 0 Å². The molecular formula is C21H25ClFNO4S. The van der Waals surface area contributed by atoms with Crippen LogP contribution in [0.25, 0.3) is 0 Å². The first kappa shape index (κ1) is 23.3. The molecule has 2 aromatic carbocycles. The van der Waals surface area contributed by atoms with Gasteiger partial charge in [0, 0.05) is 17.5 Å². The smallest absolute Gasteiger partial charge is 0.305 e. The fourth-order valence-electron chi connectivity index (χ4n) is 2.95. The highest BCUT2D eigenvalue weighted by molar-refractivity contribution is 7.89. The van der Waals surface area contributed by atoms with Gasteiger partial charge in [0.05, 0.1) is 12.0 Å². The monoisotopic (exact) mass is 441 g/mol. The molecule has 1 atom stereocenters. The summed E-state index contributed by atoms with van der Waals surface area (Å²) in [5, 5.41) is 0.330. The number of hydrogen-bond donors (Lipinski definition) is 1. The van der Waals surface area contributed by atoms with Crippen molar-refractivity contribution in [2.75, 3.05) is 7.11 Å². The maximum atomic E-state index is 13.3. The van der Waals surface area contributed by atoms with Gasteiger partial charge in [-0.05, 0) is 48.7 Å². The van der Waals surface area contributed by atoms with Crippen LogP contribution in [-0.4, -0.2) is 21.5 Å². The molecule has 0 aliphatic rings. The highest BCUT2D eigenvalue weighted by Crippen LogP contribution is 2.24. The van der Waals surface area contributed by atoms with E-state index in [9.17, 15) is 17.6 Å². The SMILES string of the molecule is COC(=O)CCCCCCC(NS(=O)(=O)c1cccc(Cl)c1)c1ccc(F)cc1. The molecule has 0 fully saturated rings. The van der Waals surface area contributed by atoms with Crippen molar-refractivity contribution in [3.63, 3.8) is 0 Å². The van der Waals surface area contributed by atoms with Gasteiger partial charge < -0.3 is 4.74 Å². The largest absolute Gasteiger partial charge is 0.469 e. The van der Waals surface area contributed by atoms with Crippen LogP contribution >= 0.6 is 11.6 Å². The van der Waals surface area contributed by atoms with E-state index in [0.717, 1.165) is 25.7 Å². The summed E-state index contributed by atoms with van der Waals surface area (Å²) in [7, 11) is -2.43. The van der Waals surface area contributed by atoms with Gasteiger partial charge in [-0.1, -0.05) is 49.1 Å². The lowest BCUT2D eigenvalue weighted by atomic mass is 10.0. The Kier molecular flexibility index (Phi) is 9.07. The van der Waals surface area contributed by atoms with Crippen LogP contribution in [0.3, 0.4) is 0 Å². The van der Waals surface area contributed by atoms with Gasteiger partial charge >= 0.3 is 5.97 Å². The number of esters is 1. The molecule has 0 aromatic heterocycles. The zero-order valence-corrected chi connectivity index (χ0v) is 17.8. The average molecular weight is 442 g/mol. The van der Waals surface area contributed by atoms with Crippen molar-refractivity contribution in [2.24, 2.45) is 0 Å². The van der Waals surface area contributed by atoms with Crippen molar-refractivity contribution >= 4 is 27.6 Å². The van der Waals surface area contributed by atoms with Gasteiger partial charge in [0.25, 0.3) is 0 Å². The van der Waals surface area contributed by atoms with Gasteiger partial charge in [-0.15, -0.1) is 0 Å². The number of carbonyl (C=O) groups is 1. The molecule has 2 aromatic rings. The predicted molar refractivity (Wildman–Crippen MR) is 111 cm³/mol.